The van der Waals surface area contributed by atoms with Gasteiger partial charge in [-0.25, -0.2) is 22.0 Å². The van der Waals surface area contributed by atoms with Gasteiger partial charge in [0.25, 0.3) is 0 Å². The molecule has 0 fully saturated rings. The Labute approximate surface area is 144 Å². The highest BCUT2D eigenvalue weighted by Crippen LogP contribution is 2.25. The fourth-order valence-corrected chi connectivity index (χ4v) is 2.46. The predicted molar refractivity (Wildman–Crippen MR) is 88.8 cm³/mol. The second kappa shape index (κ2) is 8.79. The maximum atomic E-state index is 13.9. The standard InChI is InChI=1S/C20H19F5/c1-2-3-4-16(21)19(24)15-9-7-13(8-10-15)5-6-14-11-17(22)20(25)18(23)12-14/h7-12H,2-6H2,1H3. The molecule has 0 aromatic heterocycles. The SMILES string of the molecule is CCCCC(F)=C(F)c1ccc(CCc2cc(F)c(F)c(F)c2)cc1. The molecule has 25 heavy (non-hydrogen) atoms. The largest absolute Gasteiger partial charge is 0.209 e. The first-order valence-electron chi connectivity index (χ1n) is 8.19. The van der Waals surface area contributed by atoms with Crippen LogP contribution in [-0.2, 0) is 12.8 Å². The zero-order valence-corrected chi connectivity index (χ0v) is 13.9. The fourth-order valence-electron chi connectivity index (χ4n) is 2.46. The first kappa shape index (κ1) is 19.2. The molecule has 2 aromatic rings. The summed E-state index contributed by atoms with van der Waals surface area (Å²) in [5, 5.41) is 0. The van der Waals surface area contributed by atoms with Crippen molar-refractivity contribution in [2.75, 3.05) is 0 Å². The zero-order valence-electron chi connectivity index (χ0n) is 13.9. The van der Waals surface area contributed by atoms with Gasteiger partial charge in [-0.3, -0.25) is 0 Å². The molecule has 0 atom stereocenters. The van der Waals surface area contributed by atoms with Crippen molar-refractivity contribution in [3.63, 3.8) is 0 Å². The maximum absolute atomic E-state index is 13.9. The van der Waals surface area contributed by atoms with Crippen molar-refractivity contribution in [1.29, 1.82) is 0 Å². The van der Waals surface area contributed by atoms with Crippen LogP contribution in [0, 0.1) is 17.5 Å². The summed E-state index contributed by atoms with van der Waals surface area (Å²) in [4.78, 5) is 0. The van der Waals surface area contributed by atoms with Crippen molar-refractivity contribution in [1.82, 2.24) is 0 Å². The normalized spacial score (nSPS) is 12.2. The summed E-state index contributed by atoms with van der Waals surface area (Å²) < 4.78 is 66.9. The van der Waals surface area contributed by atoms with E-state index in [2.05, 4.69) is 0 Å². The molecule has 0 nitrogen and oxygen atoms in total. The van der Waals surface area contributed by atoms with Crippen molar-refractivity contribution in [2.24, 2.45) is 0 Å². The van der Waals surface area contributed by atoms with E-state index in [9.17, 15) is 22.0 Å². The van der Waals surface area contributed by atoms with Gasteiger partial charge < -0.3 is 0 Å². The Morgan fingerprint density at radius 3 is 1.96 bits per heavy atom. The van der Waals surface area contributed by atoms with Crippen molar-refractivity contribution < 1.29 is 22.0 Å². The number of hydrogen-bond donors (Lipinski definition) is 0. The minimum Gasteiger partial charge on any atom is -0.209 e. The quantitative estimate of drug-likeness (QED) is 0.384. The van der Waals surface area contributed by atoms with Gasteiger partial charge in [0.2, 0.25) is 0 Å². The molecule has 0 spiro atoms. The third kappa shape index (κ3) is 5.15. The maximum Gasteiger partial charge on any atom is 0.194 e. The number of allylic oxidation sites excluding steroid dienone is 1. The van der Waals surface area contributed by atoms with Crippen LogP contribution in [0.1, 0.15) is 42.9 Å². The molecule has 0 saturated carbocycles. The number of unbranched alkanes of at least 4 members (excludes halogenated alkanes) is 1. The number of aryl methyl sites for hydroxylation is 2. The van der Waals surface area contributed by atoms with Gasteiger partial charge in [-0.2, -0.15) is 0 Å². The van der Waals surface area contributed by atoms with Crippen LogP contribution in [0.15, 0.2) is 42.2 Å². The van der Waals surface area contributed by atoms with Crippen molar-refractivity contribution in [3.05, 3.63) is 76.4 Å². The monoisotopic (exact) mass is 354 g/mol. The molecule has 134 valence electrons. The Morgan fingerprint density at radius 2 is 1.40 bits per heavy atom. The molecular formula is C20H19F5. The van der Waals surface area contributed by atoms with Gasteiger partial charge in [-0.1, -0.05) is 37.6 Å². The van der Waals surface area contributed by atoms with Crippen molar-refractivity contribution >= 4 is 5.83 Å². The van der Waals surface area contributed by atoms with E-state index in [1.165, 1.54) is 12.1 Å². The van der Waals surface area contributed by atoms with E-state index in [-0.39, 0.29) is 12.0 Å². The first-order valence-corrected chi connectivity index (χ1v) is 8.19. The summed E-state index contributed by atoms with van der Waals surface area (Å²) in [6, 6.07) is 8.14. The predicted octanol–water partition coefficient (Wildman–Crippen LogP) is 6.69. The van der Waals surface area contributed by atoms with Gasteiger partial charge >= 0.3 is 0 Å². The van der Waals surface area contributed by atoms with E-state index < -0.39 is 29.1 Å². The average molecular weight is 354 g/mol. The summed E-state index contributed by atoms with van der Waals surface area (Å²) in [7, 11) is 0. The van der Waals surface area contributed by atoms with Gasteiger partial charge in [-0.05, 0) is 42.5 Å². The molecule has 0 aliphatic carbocycles. The Balaban J connectivity index is 2.03. The molecular weight excluding hydrogens is 335 g/mol. The minimum atomic E-state index is -1.49. The molecule has 5 heteroatoms. The van der Waals surface area contributed by atoms with Crippen LogP contribution in [0.5, 0.6) is 0 Å². The van der Waals surface area contributed by atoms with Crippen LogP contribution < -0.4 is 0 Å². The lowest BCUT2D eigenvalue weighted by Gasteiger charge is -2.06. The molecule has 2 rings (SSSR count). The number of halogens is 5. The fraction of sp³-hybridized carbons (Fsp3) is 0.300. The van der Waals surface area contributed by atoms with Crippen LogP contribution in [0.3, 0.4) is 0 Å². The third-order valence-corrected chi connectivity index (χ3v) is 3.94. The lowest BCUT2D eigenvalue weighted by Crippen LogP contribution is -1.97. The summed E-state index contributed by atoms with van der Waals surface area (Å²) in [5.74, 6) is -5.55. The minimum absolute atomic E-state index is 0.0752. The van der Waals surface area contributed by atoms with Crippen molar-refractivity contribution in [2.45, 2.75) is 39.0 Å². The Bertz CT molecular complexity index is 724. The van der Waals surface area contributed by atoms with Gasteiger partial charge in [0.15, 0.2) is 23.3 Å². The summed E-state index contributed by atoms with van der Waals surface area (Å²) >= 11 is 0. The molecule has 0 aliphatic heterocycles. The molecule has 0 amide bonds. The van der Waals surface area contributed by atoms with Crippen LogP contribution in [0.4, 0.5) is 22.0 Å². The lowest BCUT2D eigenvalue weighted by atomic mass is 10.0. The van der Waals surface area contributed by atoms with Gasteiger partial charge in [0, 0.05) is 12.0 Å². The van der Waals surface area contributed by atoms with E-state index in [0.29, 0.717) is 24.8 Å². The Hall–Kier alpha value is -2.17. The number of hydrogen-bond acceptors (Lipinski definition) is 0. The van der Waals surface area contributed by atoms with E-state index in [4.69, 9.17) is 0 Å². The third-order valence-electron chi connectivity index (χ3n) is 3.94. The number of benzene rings is 2. The van der Waals surface area contributed by atoms with Crippen LogP contribution in [-0.4, -0.2) is 0 Å². The molecule has 0 radical (unpaired) electrons. The van der Waals surface area contributed by atoms with Crippen LogP contribution in [0.2, 0.25) is 0 Å². The highest BCUT2D eigenvalue weighted by atomic mass is 19.2. The average Bonchev–Trinajstić information content (AvgIpc) is 2.62. The highest BCUT2D eigenvalue weighted by molar-refractivity contribution is 5.61. The Morgan fingerprint density at radius 1 is 0.840 bits per heavy atom. The smallest absolute Gasteiger partial charge is 0.194 e. The molecule has 0 bridgehead atoms. The van der Waals surface area contributed by atoms with Crippen molar-refractivity contribution in [3.8, 4) is 0 Å². The zero-order chi connectivity index (χ0) is 18.4. The van der Waals surface area contributed by atoms with E-state index >= 15 is 0 Å². The second-order valence-corrected chi connectivity index (χ2v) is 5.89. The molecule has 0 unspecified atom stereocenters. The Kier molecular flexibility index (Phi) is 6.73. The molecule has 0 saturated heterocycles. The van der Waals surface area contributed by atoms with Gasteiger partial charge in [0.05, 0.1) is 0 Å². The molecule has 2 aromatic carbocycles. The van der Waals surface area contributed by atoms with Crippen LogP contribution >= 0.6 is 0 Å². The van der Waals surface area contributed by atoms with E-state index in [1.54, 1.807) is 12.1 Å². The molecule has 0 heterocycles. The summed E-state index contributed by atoms with van der Waals surface area (Å²) in [6.07, 6.45) is 2.18. The second-order valence-electron chi connectivity index (χ2n) is 5.89. The summed E-state index contributed by atoms with van der Waals surface area (Å²) in [6.45, 7) is 1.90. The van der Waals surface area contributed by atoms with Crippen LogP contribution in [0.25, 0.3) is 5.83 Å². The first-order chi connectivity index (χ1) is 11.9. The topological polar surface area (TPSA) is 0 Å². The van der Waals surface area contributed by atoms with Gasteiger partial charge in [-0.15, -0.1) is 0 Å². The molecule has 0 N–H and O–H groups in total. The van der Waals surface area contributed by atoms with Gasteiger partial charge in [0.1, 0.15) is 5.83 Å². The summed E-state index contributed by atoms with van der Waals surface area (Å²) in [5.41, 5.74) is 1.30. The van der Waals surface area contributed by atoms with E-state index in [1.807, 2.05) is 6.92 Å². The lowest BCUT2D eigenvalue weighted by molar-refractivity contribution is 0.445. The van der Waals surface area contributed by atoms with E-state index in [0.717, 1.165) is 24.1 Å². The highest BCUT2D eigenvalue weighted by Gasteiger charge is 2.11. The number of rotatable bonds is 7. The molecule has 0 aliphatic rings.